The van der Waals surface area contributed by atoms with Gasteiger partial charge in [0.15, 0.2) is 0 Å². The van der Waals surface area contributed by atoms with Crippen LogP contribution in [0.2, 0.25) is 0 Å². The standard InChI is InChI=1S/C11H25N2S2.O.Tc/c1-9(13-8-11(4,5)15)6-12-7-10(2,3)14;;/h9,12,14-15H,6-8H2,1-5H3;;/q-1;;+3/p-2. The molecule has 0 heterocycles. The van der Waals surface area contributed by atoms with E-state index in [1.54, 1.807) is 0 Å². The van der Waals surface area contributed by atoms with Gasteiger partial charge in [-0.2, -0.15) is 11.3 Å². The van der Waals surface area contributed by atoms with Crippen LogP contribution >= 0.6 is 0 Å². The molecule has 1 atom stereocenters. The number of hydrogen-bond acceptors (Lipinski definition) is 4. The van der Waals surface area contributed by atoms with E-state index in [0.717, 1.165) is 38.5 Å². The van der Waals surface area contributed by atoms with E-state index in [1.807, 2.05) is 27.7 Å². The quantitative estimate of drug-likeness (QED) is 0.703. The molecule has 1 unspecified atom stereocenters. The van der Waals surface area contributed by atoms with Crippen LogP contribution in [-0.2, 0) is 47.6 Å². The molecule has 0 aromatic heterocycles. The van der Waals surface area contributed by atoms with Gasteiger partial charge in [0.2, 0.25) is 0 Å². The molecule has 1 N–H and O–H groups in total. The van der Waals surface area contributed by atoms with Crippen molar-refractivity contribution in [1.29, 1.82) is 0 Å². The molecule has 0 aromatic carbocycles. The van der Waals surface area contributed by atoms with Gasteiger partial charge in [0.05, 0.1) is 0 Å². The zero-order chi connectivity index (χ0) is 14.1. The van der Waals surface area contributed by atoms with Gasteiger partial charge < -0.3 is 35.9 Å². The second-order valence-electron chi connectivity index (χ2n) is 5.34. The Morgan fingerprint density at radius 3 is 2.00 bits per heavy atom. The first-order chi connectivity index (χ1) is 7.60. The summed E-state index contributed by atoms with van der Waals surface area (Å²) in [6.45, 7) is 12.7. The van der Waals surface area contributed by atoms with Crippen molar-refractivity contribution in [1.82, 2.24) is 5.32 Å². The van der Waals surface area contributed by atoms with Gasteiger partial charge in [-0.1, -0.05) is 34.6 Å². The molecule has 6 heteroatoms. The van der Waals surface area contributed by atoms with Crippen molar-refractivity contribution in [2.24, 2.45) is 0 Å². The first-order valence-corrected chi connectivity index (χ1v) is 7.11. The van der Waals surface area contributed by atoms with Crippen molar-refractivity contribution in [3.05, 3.63) is 5.32 Å². The van der Waals surface area contributed by atoms with Crippen molar-refractivity contribution in [3.63, 3.8) is 0 Å². The first-order valence-electron chi connectivity index (χ1n) is 5.54. The minimum absolute atomic E-state index is 0.0724. The average Bonchev–Trinajstić information content (AvgIpc) is 2.15. The summed E-state index contributed by atoms with van der Waals surface area (Å²) in [4.78, 5) is 0. The fourth-order valence-corrected chi connectivity index (χ4v) is 1.20. The van der Waals surface area contributed by atoms with Crippen LogP contribution in [0, 0.1) is 0 Å². The number of hydrogen-bond donors (Lipinski definition) is 1. The summed E-state index contributed by atoms with van der Waals surface area (Å²) in [5, 5.41) is 7.84. The Balaban J connectivity index is 0. The molecule has 3 nitrogen and oxygen atoms in total. The molecule has 0 aliphatic heterocycles. The molecule has 0 bridgehead atoms. The molecule has 0 aromatic rings. The normalized spacial score (nSPS) is 13.8. The molecular weight excluding hydrogens is 338 g/mol. The fourth-order valence-electron chi connectivity index (χ4n) is 1.02. The Labute approximate surface area is 128 Å². The van der Waals surface area contributed by atoms with E-state index in [-0.39, 0.29) is 9.49 Å². The molecule has 0 aliphatic rings. The van der Waals surface area contributed by atoms with E-state index in [2.05, 4.69) is 17.6 Å². The van der Waals surface area contributed by atoms with Gasteiger partial charge in [-0.3, -0.25) is 0 Å². The van der Waals surface area contributed by atoms with Gasteiger partial charge in [0, 0.05) is 0 Å². The van der Waals surface area contributed by atoms with Crippen LogP contribution in [0.25, 0.3) is 5.32 Å². The third-order valence-corrected chi connectivity index (χ3v) is 2.05. The van der Waals surface area contributed by atoms with Crippen LogP contribution in [-0.4, -0.2) is 35.2 Å². The monoisotopic (exact) mass is 360 g/mol. The summed E-state index contributed by atoms with van der Waals surface area (Å²) < 4.78 is 8.03. The summed E-state index contributed by atoms with van der Waals surface area (Å²) in [6.07, 6.45) is 0. The van der Waals surface area contributed by atoms with Crippen molar-refractivity contribution < 1.29 is 22.4 Å². The van der Waals surface area contributed by atoms with E-state index < -0.39 is 0 Å². The van der Waals surface area contributed by atoms with E-state index in [4.69, 9.17) is 28.8 Å². The summed E-state index contributed by atoms with van der Waals surface area (Å²) >= 11 is 11.4. The second-order valence-corrected chi connectivity index (χ2v) is 7.55. The van der Waals surface area contributed by atoms with Gasteiger partial charge in [-0.15, -0.1) is 10.8 Å². The number of nitrogens with zero attached hydrogens (tertiary/aromatic N) is 1. The topological polar surface area (TPSA) is 43.2 Å². The summed E-state index contributed by atoms with van der Waals surface area (Å²) in [5.74, 6) is 0. The molecule has 0 fully saturated rings. The zero-order valence-corrected chi connectivity index (χ0v) is 14.7. The number of nitrogens with one attached hydrogen (secondary N) is 1. The Morgan fingerprint density at radius 2 is 1.65 bits per heavy atom. The molecule has 102 valence electrons. The fraction of sp³-hybridized carbons (Fsp3) is 1.00. The molecular formula is C11H23N2OS2Tc. The minimum atomic E-state index is -0.119. The van der Waals surface area contributed by atoms with Crippen molar-refractivity contribution in [2.75, 3.05) is 19.6 Å². The summed E-state index contributed by atoms with van der Waals surface area (Å²) in [7, 11) is 0. The maximum atomic E-state index is 8.22. The maximum absolute atomic E-state index is 8.22. The van der Waals surface area contributed by atoms with Gasteiger partial charge in [0.25, 0.3) is 0 Å². The van der Waals surface area contributed by atoms with E-state index in [1.165, 1.54) is 0 Å². The van der Waals surface area contributed by atoms with Crippen LogP contribution in [0.4, 0.5) is 0 Å². The predicted molar refractivity (Wildman–Crippen MR) is 74.1 cm³/mol. The van der Waals surface area contributed by atoms with Gasteiger partial charge in [-0.25, -0.2) is 0 Å². The molecule has 0 saturated carbocycles. The third-order valence-electron chi connectivity index (χ3n) is 1.77. The van der Waals surface area contributed by atoms with Crippen molar-refractivity contribution >= 4 is 25.3 Å². The first kappa shape index (κ1) is 20.4. The molecule has 0 amide bonds. The zero-order valence-electron chi connectivity index (χ0n) is 11.2. The van der Waals surface area contributed by atoms with E-state index in [0.29, 0.717) is 6.04 Å². The summed E-state index contributed by atoms with van der Waals surface area (Å²) in [5.41, 5.74) is 0. The Morgan fingerprint density at radius 1 is 1.18 bits per heavy atom. The van der Waals surface area contributed by atoms with Gasteiger partial charge in [0.1, 0.15) is 0 Å². The van der Waals surface area contributed by atoms with Gasteiger partial charge in [-0.05, 0) is 13.1 Å². The average molecular weight is 361 g/mol. The molecule has 0 spiro atoms. The van der Waals surface area contributed by atoms with Crippen LogP contribution in [0.1, 0.15) is 34.6 Å². The SMILES string of the molecule is CC(CNCC(C)(C)[S-])[N-]CC(C)(C)[S-].[O]=[Tc+3]. The molecule has 0 saturated heterocycles. The number of rotatable bonds is 7. The molecule has 17 heavy (non-hydrogen) atoms. The van der Waals surface area contributed by atoms with Crippen molar-refractivity contribution in [3.8, 4) is 0 Å². The Hall–Kier alpha value is 1.07. The van der Waals surface area contributed by atoms with Crippen LogP contribution in [0.3, 0.4) is 0 Å². The predicted octanol–water partition coefficient (Wildman–Crippen LogP) is 1.87. The van der Waals surface area contributed by atoms with Crippen molar-refractivity contribution in [2.45, 2.75) is 50.2 Å². The van der Waals surface area contributed by atoms with Crippen LogP contribution in [0.15, 0.2) is 0 Å². The van der Waals surface area contributed by atoms with Crippen LogP contribution < -0.4 is 5.32 Å². The van der Waals surface area contributed by atoms with E-state index in [9.17, 15) is 0 Å². The molecule has 0 radical (unpaired) electrons. The Kier molecular flexibility index (Phi) is 11.9. The van der Waals surface area contributed by atoms with Crippen LogP contribution in [0.5, 0.6) is 0 Å². The molecule has 0 rings (SSSR count). The Bertz CT molecular complexity index is 193. The second kappa shape index (κ2) is 9.93. The third kappa shape index (κ3) is 19.6. The summed E-state index contributed by atoms with van der Waals surface area (Å²) in [6, 6.07) is 0.310. The van der Waals surface area contributed by atoms with E-state index >= 15 is 0 Å². The van der Waals surface area contributed by atoms with Gasteiger partial charge >= 0.3 is 22.4 Å². The molecule has 0 aliphatic carbocycles.